The molecule has 0 aliphatic carbocycles. The number of thiocarbonyl (C=S) groups is 1. The van der Waals surface area contributed by atoms with Crippen LogP contribution in [0, 0.1) is 0 Å². The predicted molar refractivity (Wildman–Crippen MR) is 132 cm³/mol. The van der Waals surface area contributed by atoms with Crippen LogP contribution in [0.25, 0.3) is 11.3 Å². The Kier molecular flexibility index (Phi) is 5.73. The first-order chi connectivity index (χ1) is 16.5. The Morgan fingerprint density at radius 3 is 2.62 bits per heavy atom. The van der Waals surface area contributed by atoms with Gasteiger partial charge >= 0.3 is 5.97 Å². The molecule has 0 amide bonds. The lowest BCUT2D eigenvalue weighted by Gasteiger charge is -2.26. The van der Waals surface area contributed by atoms with Gasteiger partial charge in [0.25, 0.3) is 0 Å². The van der Waals surface area contributed by atoms with E-state index in [1.165, 1.54) is 0 Å². The molecule has 1 fully saturated rings. The van der Waals surface area contributed by atoms with Crippen molar-refractivity contribution >= 4 is 29.0 Å². The van der Waals surface area contributed by atoms with Gasteiger partial charge in [0.2, 0.25) is 0 Å². The summed E-state index contributed by atoms with van der Waals surface area (Å²) in [6, 6.07) is 23.3. The molecule has 0 saturated carbocycles. The van der Waals surface area contributed by atoms with Crippen LogP contribution in [-0.4, -0.2) is 28.3 Å². The van der Waals surface area contributed by atoms with Gasteiger partial charge in [-0.25, -0.2) is 4.79 Å². The molecule has 2 atom stereocenters. The average molecular weight is 472 g/mol. The van der Waals surface area contributed by atoms with E-state index in [9.17, 15) is 4.79 Å². The number of hydrogen-bond acceptors (Lipinski definition) is 5. The number of nitrogens with zero attached hydrogens (tertiary/aromatic N) is 2. The van der Waals surface area contributed by atoms with E-state index in [1.54, 1.807) is 37.6 Å². The minimum atomic E-state index is -0.968. The summed E-state index contributed by atoms with van der Waals surface area (Å²) in [5.41, 5.74) is 2.71. The number of methoxy groups -OCH3 is 1. The van der Waals surface area contributed by atoms with Gasteiger partial charge in [0, 0.05) is 23.5 Å². The highest BCUT2D eigenvalue weighted by molar-refractivity contribution is 7.80. The van der Waals surface area contributed by atoms with E-state index in [-0.39, 0.29) is 17.6 Å². The van der Waals surface area contributed by atoms with E-state index >= 15 is 0 Å². The largest absolute Gasteiger partial charge is 0.497 e. The molecule has 7 nitrogen and oxygen atoms in total. The molecule has 1 aliphatic heterocycles. The zero-order chi connectivity index (χ0) is 23.7. The Bertz CT molecular complexity index is 1340. The van der Waals surface area contributed by atoms with Crippen molar-refractivity contribution in [2.75, 3.05) is 12.0 Å². The van der Waals surface area contributed by atoms with Crippen LogP contribution < -0.4 is 15.0 Å². The summed E-state index contributed by atoms with van der Waals surface area (Å²) in [7, 11) is 1.63. The summed E-state index contributed by atoms with van der Waals surface area (Å²) in [6.45, 7) is 0. The van der Waals surface area contributed by atoms with E-state index in [0.29, 0.717) is 16.6 Å². The maximum absolute atomic E-state index is 11.2. The van der Waals surface area contributed by atoms with Crippen molar-refractivity contribution in [2.45, 2.75) is 12.1 Å². The lowest BCUT2D eigenvalue weighted by molar-refractivity contribution is 0.0697. The summed E-state index contributed by atoms with van der Waals surface area (Å²) >= 11 is 5.74. The molecule has 34 heavy (non-hydrogen) atoms. The number of hydrogen-bond donors (Lipinski definition) is 2. The zero-order valence-corrected chi connectivity index (χ0v) is 19.0. The van der Waals surface area contributed by atoms with E-state index in [2.05, 4.69) is 10.3 Å². The van der Waals surface area contributed by atoms with Crippen molar-refractivity contribution < 1.29 is 19.1 Å². The van der Waals surface area contributed by atoms with Gasteiger partial charge in [0.05, 0.1) is 24.4 Å². The SMILES string of the molecule is COc1cccc(N2C(=S)N[C@@H](c3ccccn3)[C@@H]2c2ccc(-c3ccc(C(=O)O)cc3)o2)c1. The fourth-order valence-corrected chi connectivity index (χ4v) is 4.47. The molecule has 0 bridgehead atoms. The van der Waals surface area contributed by atoms with Gasteiger partial charge in [-0.15, -0.1) is 0 Å². The highest BCUT2D eigenvalue weighted by Crippen LogP contribution is 2.43. The third kappa shape index (κ3) is 3.99. The molecule has 4 aromatic rings. The summed E-state index contributed by atoms with van der Waals surface area (Å²) in [5, 5.41) is 13.1. The second-order valence-electron chi connectivity index (χ2n) is 7.78. The van der Waals surface area contributed by atoms with Crippen LogP contribution in [0.5, 0.6) is 5.75 Å². The number of rotatable bonds is 6. The van der Waals surface area contributed by atoms with E-state index in [1.807, 2.05) is 59.5 Å². The second kappa shape index (κ2) is 8.99. The van der Waals surface area contributed by atoms with Crippen LogP contribution in [0.3, 0.4) is 0 Å². The van der Waals surface area contributed by atoms with Crippen molar-refractivity contribution in [1.29, 1.82) is 0 Å². The number of ether oxygens (including phenoxy) is 1. The Labute approximate surface area is 201 Å². The van der Waals surface area contributed by atoms with Crippen LogP contribution >= 0.6 is 12.2 Å². The van der Waals surface area contributed by atoms with Gasteiger partial charge in [0.15, 0.2) is 5.11 Å². The maximum Gasteiger partial charge on any atom is 0.335 e. The number of aromatic nitrogens is 1. The van der Waals surface area contributed by atoms with E-state index in [0.717, 1.165) is 22.7 Å². The number of aromatic carboxylic acids is 1. The third-order valence-corrected chi connectivity index (χ3v) is 6.08. The van der Waals surface area contributed by atoms with Gasteiger partial charge < -0.3 is 24.5 Å². The molecule has 0 spiro atoms. The number of nitrogens with one attached hydrogen (secondary N) is 1. The van der Waals surface area contributed by atoms with Crippen molar-refractivity contribution in [1.82, 2.24) is 10.3 Å². The molecule has 8 heteroatoms. The topological polar surface area (TPSA) is 87.8 Å². The summed E-state index contributed by atoms with van der Waals surface area (Å²) in [6.07, 6.45) is 1.75. The van der Waals surface area contributed by atoms with Crippen molar-refractivity contribution in [2.24, 2.45) is 0 Å². The number of pyridine rings is 1. The Hall–Kier alpha value is -4.17. The first kappa shape index (κ1) is 21.7. The van der Waals surface area contributed by atoms with Crippen LogP contribution in [0.4, 0.5) is 5.69 Å². The molecule has 0 radical (unpaired) electrons. The molecule has 1 saturated heterocycles. The Balaban J connectivity index is 1.57. The van der Waals surface area contributed by atoms with Crippen LogP contribution in [0.2, 0.25) is 0 Å². The molecule has 2 aromatic carbocycles. The Morgan fingerprint density at radius 1 is 1.09 bits per heavy atom. The van der Waals surface area contributed by atoms with Gasteiger partial charge in [-0.3, -0.25) is 4.98 Å². The lowest BCUT2D eigenvalue weighted by Crippen LogP contribution is -2.29. The standard InChI is InChI=1S/C26H21N3O4S/c1-32-19-6-4-5-18(15-19)29-24(23(28-26(29)34)20-7-2-3-14-27-20)22-13-12-21(33-22)16-8-10-17(11-9-16)25(30)31/h2-15,23-24H,1H3,(H,28,34)(H,30,31)/t23-,24-/m0/s1. The second-order valence-corrected chi connectivity index (χ2v) is 8.17. The highest BCUT2D eigenvalue weighted by atomic mass is 32.1. The van der Waals surface area contributed by atoms with E-state index in [4.69, 9.17) is 26.5 Å². The molecule has 5 rings (SSSR count). The number of carboxylic acid groups (broad SMARTS) is 1. The molecule has 170 valence electrons. The third-order valence-electron chi connectivity index (χ3n) is 5.76. The minimum Gasteiger partial charge on any atom is -0.497 e. The summed E-state index contributed by atoms with van der Waals surface area (Å²) in [5.74, 6) is 1.08. The average Bonchev–Trinajstić information content (AvgIpc) is 3.49. The van der Waals surface area contributed by atoms with Crippen LogP contribution in [0.15, 0.2) is 89.5 Å². The number of carbonyl (C=O) groups is 1. The molecular formula is C26H21N3O4S. The number of furan rings is 1. The van der Waals surface area contributed by atoms with Gasteiger partial charge in [-0.05, 0) is 60.7 Å². The predicted octanol–water partition coefficient (Wildman–Crippen LogP) is 5.23. The number of carboxylic acids is 1. The maximum atomic E-state index is 11.2. The van der Waals surface area contributed by atoms with Crippen LogP contribution in [-0.2, 0) is 0 Å². The smallest absolute Gasteiger partial charge is 0.335 e. The quantitative estimate of drug-likeness (QED) is 0.370. The van der Waals surface area contributed by atoms with Gasteiger partial charge in [0.1, 0.15) is 23.3 Å². The lowest BCUT2D eigenvalue weighted by atomic mass is 10.0. The number of anilines is 1. The minimum absolute atomic E-state index is 0.222. The van der Waals surface area contributed by atoms with E-state index < -0.39 is 5.97 Å². The highest BCUT2D eigenvalue weighted by Gasteiger charge is 2.42. The Morgan fingerprint density at radius 2 is 1.91 bits per heavy atom. The van der Waals surface area contributed by atoms with Crippen molar-refractivity contribution in [3.05, 3.63) is 102 Å². The molecule has 2 aromatic heterocycles. The monoisotopic (exact) mass is 471 g/mol. The van der Waals surface area contributed by atoms with Crippen molar-refractivity contribution in [3.63, 3.8) is 0 Å². The first-order valence-electron chi connectivity index (χ1n) is 10.6. The number of benzene rings is 2. The first-order valence-corrected chi connectivity index (χ1v) is 11.0. The summed E-state index contributed by atoms with van der Waals surface area (Å²) in [4.78, 5) is 17.7. The summed E-state index contributed by atoms with van der Waals surface area (Å²) < 4.78 is 11.7. The molecule has 1 aliphatic rings. The van der Waals surface area contributed by atoms with Gasteiger partial charge in [-0.1, -0.05) is 24.3 Å². The molecule has 0 unspecified atom stereocenters. The van der Waals surface area contributed by atoms with Crippen molar-refractivity contribution in [3.8, 4) is 17.1 Å². The fourth-order valence-electron chi connectivity index (χ4n) is 4.13. The zero-order valence-electron chi connectivity index (χ0n) is 18.2. The fraction of sp³-hybridized carbons (Fsp3) is 0.115. The molecule has 3 heterocycles. The molecular weight excluding hydrogens is 450 g/mol. The van der Waals surface area contributed by atoms with Gasteiger partial charge in [-0.2, -0.15) is 0 Å². The normalized spacial score (nSPS) is 17.4. The molecule has 2 N–H and O–H groups in total. The van der Waals surface area contributed by atoms with Crippen LogP contribution in [0.1, 0.15) is 33.9 Å².